The van der Waals surface area contributed by atoms with E-state index in [-0.39, 0.29) is 24.3 Å². The van der Waals surface area contributed by atoms with Crippen molar-refractivity contribution in [3.05, 3.63) is 35.2 Å². The van der Waals surface area contributed by atoms with Gasteiger partial charge in [-0.15, -0.1) is 5.10 Å². The Morgan fingerprint density at radius 3 is 2.40 bits per heavy atom. The molecule has 2 heterocycles. The first-order chi connectivity index (χ1) is 13.9. The number of benzene rings is 1. The number of aromatic nitrogens is 4. The lowest BCUT2D eigenvalue weighted by Crippen LogP contribution is -2.57. The number of hydrogen-bond acceptors (Lipinski definition) is 7. The number of alkyl halides is 3. The van der Waals surface area contributed by atoms with Gasteiger partial charge in [-0.05, 0) is 42.5 Å². The van der Waals surface area contributed by atoms with E-state index >= 15 is 0 Å². The van der Waals surface area contributed by atoms with Gasteiger partial charge in [-0.3, -0.25) is 4.90 Å². The van der Waals surface area contributed by atoms with Crippen molar-refractivity contribution in [2.24, 2.45) is 0 Å². The Balaban J connectivity index is 1.89. The number of rotatable bonds is 4. The van der Waals surface area contributed by atoms with Gasteiger partial charge in [0.25, 0.3) is 0 Å². The largest absolute Gasteiger partial charge is 0.417 e. The minimum absolute atomic E-state index is 0.0800. The van der Waals surface area contributed by atoms with Crippen LogP contribution in [0.2, 0.25) is 0 Å². The monoisotopic (exact) mass is 443 g/mol. The topological polar surface area (TPSA) is 108 Å². The quantitative estimate of drug-likeness (QED) is 0.703. The fourth-order valence-electron chi connectivity index (χ4n) is 3.55. The highest BCUT2D eigenvalue weighted by atomic mass is 32.2. The molecule has 2 aromatic rings. The Labute approximate surface area is 171 Å². The van der Waals surface area contributed by atoms with Crippen molar-refractivity contribution in [3.63, 3.8) is 0 Å². The molecule has 1 aromatic heterocycles. The summed E-state index contributed by atoms with van der Waals surface area (Å²) in [5, 5.41) is 20.3. The summed E-state index contributed by atoms with van der Waals surface area (Å²) in [4.78, 5) is 2.00. The van der Waals surface area contributed by atoms with Crippen molar-refractivity contribution in [2.45, 2.75) is 38.7 Å². The van der Waals surface area contributed by atoms with Gasteiger partial charge in [-0.25, -0.2) is 8.42 Å². The maximum Gasteiger partial charge on any atom is 0.417 e. The fraction of sp³-hybridized carbons (Fsp3) is 0.529. The summed E-state index contributed by atoms with van der Waals surface area (Å²) in [6.45, 7) is 4.53. The van der Waals surface area contributed by atoms with E-state index < -0.39 is 27.3 Å². The van der Waals surface area contributed by atoms with E-state index in [0.717, 1.165) is 18.4 Å². The summed E-state index contributed by atoms with van der Waals surface area (Å²) in [5.74, 6) is 0.305. The number of nitriles is 1. The fourth-order valence-corrected chi connectivity index (χ4v) is 4.53. The second-order valence-corrected chi connectivity index (χ2v) is 9.28. The maximum atomic E-state index is 13.3. The molecule has 0 aliphatic carbocycles. The van der Waals surface area contributed by atoms with Gasteiger partial charge in [0.2, 0.25) is 10.0 Å². The second kappa shape index (κ2) is 7.93. The molecular formula is C17H20F3N7O2S. The van der Waals surface area contributed by atoms with Gasteiger partial charge in [-0.2, -0.15) is 27.4 Å². The third-order valence-corrected chi connectivity index (χ3v) is 6.30. The van der Waals surface area contributed by atoms with Crippen LogP contribution in [0.3, 0.4) is 0 Å². The lowest BCUT2D eigenvalue weighted by Gasteiger charge is -2.43. The van der Waals surface area contributed by atoms with E-state index in [1.165, 1.54) is 21.1 Å². The number of hydrogen-bond donors (Lipinski definition) is 0. The Kier molecular flexibility index (Phi) is 5.85. The molecule has 1 saturated heterocycles. The van der Waals surface area contributed by atoms with Gasteiger partial charge in [0.05, 0.1) is 35.7 Å². The molecule has 0 spiro atoms. The molecule has 0 amide bonds. The molecule has 1 fully saturated rings. The summed E-state index contributed by atoms with van der Waals surface area (Å²) >= 11 is 0. The number of sulfonamides is 1. The maximum absolute atomic E-state index is 13.3. The molecule has 0 bridgehead atoms. The number of tetrazole rings is 1. The molecule has 0 saturated carbocycles. The molecule has 2 unspecified atom stereocenters. The summed E-state index contributed by atoms with van der Waals surface area (Å²) < 4.78 is 66.2. The highest BCUT2D eigenvalue weighted by Gasteiger charge is 2.36. The molecule has 1 aliphatic heterocycles. The zero-order valence-corrected chi connectivity index (χ0v) is 17.3. The van der Waals surface area contributed by atoms with Crippen LogP contribution in [0.1, 0.15) is 30.8 Å². The molecule has 1 aliphatic rings. The molecule has 0 N–H and O–H groups in total. The normalized spacial score (nSPS) is 21.5. The Hall–Kier alpha value is -2.56. The van der Waals surface area contributed by atoms with E-state index in [0.29, 0.717) is 18.9 Å². The molecule has 162 valence electrons. The van der Waals surface area contributed by atoms with Crippen molar-refractivity contribution in [3.8, 4) is 11.8 Å². The highest BCUT2D eigenvalue weighted by Crippen LogP contribution is 2.33. The zero-order valence-electron chi connectivity index (χ0n) is 16.5. The first-order valence-corrected chi connectivity index (χ1v) is 10.9. The van der Waals surface area contributed by atoms with Crippen LogP contribution in [0.4, 0.5) is 13.2 Å². The third-order valence-electron chi connectivity index (χ3n) is 5.07. The molecule has 2 atom stereocenters. The standard InChI is InChI=1S/C17H20F3N7O2S/c1-11-8-25(30(3,28)29)9-12(2)26(11)10-16-22-23-24-27(16)14-5-4-13(7-21)15(6-14)17(18,19)20/h4-6,11-12H,8-10H2,1-3H3. The first kappa shape index (κ1) is 22.1. The second-order valence-electron chi connectivity index (χ2n) is 7.30. The predicted molar refractivity (Wildman–Crippen MR) is 99.8 cm³/mol. The SMILES string of the molecule is CC1CN(S(C)(=O)=O)CC(C)N1Cc1nnnn1-c1ccc(C#N)c(C(F)(F)F)c1. The van der Waals surface area contributed by atoms with Crippen LogP contribution in [-0.2, 0) is 22.7 Å². The van der Waals surface area contributed by atoms with Gasteiger partial charge >= 0.3 is 6.18 Å². The van der Waals surface area contributed by atoms with Crippen LogP contribution < -0.4 is 0 Å². The molecule has 3 rings (SSSR count). The summed E-state index contributed by atoms with van der Waals surface area (Å²) in [6, 6.07) is 4.51. The summed E-state index contributed by atoms with van der Waals surface area (Å²) in [5.41, 5.74) is -1.47. The van der Waals surface area contributed by atoms with E-state index in [9.17, 15) is 21.6 Å². The lowest BCUT2D eigenvalue weighted by atomic mass is 10.1. The minimum atomic E-state index is -4.69. The predicted octanol–water partition coefficient (Wildman–Crippen LogP) is 1.41. The zero-order chi connectivity index (χ0) is 22.3. The average Bonchev–Trinajstić information content (AvgIpc) is 3.10. The van der Waals surface area contributed by atoms with Crippen LogP contribution >= 0.6 is 0 Å². The van der Waals surface area contributed by atoms with Crippen LogP contribution in [-0.4, -0.2) is 69.3 Å². The molecule has 1 aromatic carbocycles. The van der Waals surface area contributed by atoms with Crippen molar-refractivity contribution >= 4 is 10.0 Å². The van der Waals surface area contributed by atoms with Crippen molar-refractivity contribution in [1.82, 2.24) is 29.4 Å². The van der Waals surface area contributed by atoms with Gasteiger partial charge in [0, 0.05) is 25.2 Å². The van der Waals surface area contributed by atoms with Crippen molar-refractivity contribution in [2.75, 3.05) is 19.3 Å². The van der Waals surface area contributed by atoms with Crippen LogP contribution in [0.5, 0.6) is 0 Å². The third kappa shape index (κ3) is 4.45. The number of piperazine rings is 1. The summed E-state index contributed by atoms with van der Waals surface area (Å²) in [7, 11) is -3.33. The highest BCUT2D eigenvalue weighted by molar-refractivity contribution is 7.88. The van der Waals surface area contributed by atoms with Gasteiger partial charge in [0.15, 0.2) is 5.82 Å². The lowest BCUT2D eigenvalue weighted by molar-refractivity contribution is -0.137. The molecule has 30 heavy (non-hydrogen) atoms. The Morgan fingerprint density at radius 2 is 1.87 bits per heavy atom. The summed E-state index contributed by atoms with van der Waals surface area (Å²) in [6.07, 6.45) is -3.54. The molecule has 9 nitrogen and oxygen atoms in total. The van der Waals surface area contributed by atoms with Crippen molar-refractivity contribution < 1.29 is 21.6 Å². The van der Waals surface area contributed by atoms with E-state index in [1.54, 1.807) is 0 Å². The Morgan fingerprint density at radius 1 is 1.23 bits per heavy atom. The minimum Gasteiger partial charge on any atom is -0.288 e. The van der Waals surface area contributed by atoms with Crippen LogP contribution in [0, 0.1) is 11.3 Å². The Bertz CT molecular complexity index is 1070. The molecular weight excluding hydrogens is 423 g/mol. The van der Waals surface area contributed by atoms with E-state index in [1.807, 2.05) is 18.7 Å². The first-order valence-electron chi connectivity index (χ1n) is 9.01. The van der Waals surface area contributed by atoms with Crippen LogP contribution in [0.25, 0.3) is 5.69 Å². The number of nitrogens with zero attached hydrogens (tertiary/aromatic N) is 7. The van der Waals surface area contributed by atoms with Gasteiger partial charge in [0.1, 0.15) is 0 Å². The van der Waals surface area contributed by atoms with Gasteiger partial charge < -0.3 is 0 Å². The van der Waals surface area contributed by atoms with Crippen molar-refractivity contribution in [1.29, 1.82) is 5.26 Å². The smallest absolute Gasteiger partial charge is 0.288 e. The van der Waals surface area contributed by atoms with Gasteiger partial charge in [-0.1, -0.05) is 0 Å². The van der Waals surface area contributed by atoms with Crippen LogP contribution in [0.15, 0.2) is 18.2 Å². The van der Waals surface area contributed by atoms with E-state index in [4.69, 9.17) is 5.26 Å². The average molecular weight is 443 g/mol. The molecule has 0 radical (unpaired) electrons. The molecule has 13 heteroatoms. The van der Waals surface area contributed by atoms with E-state index in [2.05, 4.69) is 15.5 Å². The number of halogens is 3.